The van der Waals surface area contributed by atoms with Gasteiger partial charge in [-0.15, -0.1) is 13.2 Å². The molecule has 0 radical (unpaired) electrons. The first-order chi connectivity index (χ1) is 11.0. The average molecular weight is 368 g/mol. The Morgan fingerprint density at radius 2 is 1.79 bits per heavy atom. The lowest BCUT2D eigenvalue weighted by Crippen LogP contribution is -2.40. The van der Waals surface area contributed by atoms with Gasteiger partial charge in [0.15, 0.2) is 0 Å². The van der Waals surface area contributed by atoms with Crippen LogP contribution in [0.1, 0.15) is 13.8 Å². The van der Waals surface area contributed by atoms with Crippen LogP contribution < -0.4 is 4.74 Å². The highest BCUT2D eigenvalue weighted by atomic mass is 32.2. The predicted molar refractivity (Wildman–Crippen MR) is 80.9 cm³/mol. The topological polar surface area (TPSA) is 66.9 Å². The molecule has 0 spiro atoms. The van der Waals surface area contributed by atoms with E-state index in [1.807, 2.05) is 0 Å². The number of halogens is 3. The van der Waals surface area contributed by atoms with E-state index in [-0.39, 0.29) is 4.90 Å². The lowest BCUT2D eigenvalue weighted by molar-refractivity contribution is -0.274. The third kappa shape index (κ3) is 5.38. The van der Waals surface area contributed by atoms with Gasteiger partial charge in [0.1, 0.15) is 5.75 Å². The minimum Gasteiger partial charge on any atom is -0.406 e. The van der Waals surface area contributed by atoms with Gasteiger partial charge in [-0.1, -0.05) is 6.07 Å². The number of rotatable bonds is 7. The van der Waals surface area contributed by atoms with E-state index in [9.17, 15) is 26.4 Å². The Morgan fingerprint density at radius 1 is 1.21 bits per heavy atom. The van der Waals surface area contributed by atoms with Crippen molar-refractivity contribution < 1.29 is 31.1 Å². The zero-order valence-electron chi connectivity index (χ0n) is 13.5. The molecule has 0 aliphatic rings. The zero-order chi connectivity index (χ0) is 18.5. The van der Waals surface area contributed by atoms with Crippen LogP contribution in [-0.4, -0.2) is 56.6 Å². The molecule has 0 fully saturated rings. The molecule has 0 N–H and O–H groups in total. The summed E-state index contributed by atoms with van der Waals surface area (Å²) >= 11 is 0. The van der Waals surface area contributed by atoms with Gasteiger partial charge in [-0.2, -0.15) is 4.31 Å². The maximum absolute atomic E-state index is 12.4. The number of hydrogen-bond donors (Lipinski definition) is 0. The van der Waals surface area contributed by atoms with E-state index < -0.39 is 34.6 Å². The molecule has 0 bridgehead atoms. The fourth-order valence-electron chi connectivity index (χ4n) is 1.96. The van der Waals surface area contributed by atoms with Gasteiger partial charge in [-0.3, -0.25) is 4.79 Å². The van der Waals surface area contributed by atoms with Crippen molar-refractivity contribution in [1.29, 1.82) is 0 Å². The number of amides is 1. The Hall–Kier alpha value is -1.81. The summed E-state index contributed by atoms with van der Waals surface area (Å²) in [5, 5.41) is 0. The van der Waals surface area contributed by atoms with Crippen LogP contribution in [0.4, 0.5) is 13.2 Å². The molecule has 0 heterocycles. The minimum absolute atomic E-state index is 0.390. The first-order valence-electron chi connectivity index (χ1n) is 7.11. The van der Waals surface area contributed by atoms with E-state index >= 15 is 0 Å². The quantitative estimate of drug-likeness (QED) is 0.739. The first kappa shape index (κ1) is 20.2. The minimum atomic E-state index is -4.92. The van der Waals surface area contributed by atoms with Gasteiger partial charge in [0.25, 0.3) is 0 Å². The molecule has 1 aromatic rings. The first-order valence-corrected chi connectivity index (χ1v) is 8.55. The monoisotopic (exact) mass is 368 g/mol. The Labute approximate surface area is 138 Å². The summed E-state index contributed by atoms with van der Waals surface area (Å²) in [4.78, 5) is 13.1. The molecule has 136 valence electrons. The third-order valence-electron chi connectivity index (χ3n) is 3.22. The summed E-state index contributed by atoms with van der Waals surface area (Å²) in [7, 11) is -2.94. The largest absolute Gasteiger partial charge is 0.573 e. The number of carbonyl (C=O) groups is 1. The standard InChI is InChI=1S/C14H19F3N2O4S/c1-4-19(5-2)13(20)10-18(3)24(21,22)12-8-6-7-11(9-12)23-14(15,16)17/h6-9H,4-5,10H2,1-3H3. The fourth-order valence-corrected chi connectivity index (χ4v) is 3.12. The maximum atomic E-state index is 12.4. The van der Waals surface area contributed by atoms with Crippen LogP contribution in [0.25, 0.3) is 0 Å². The number of alkyl halides is 3. The third-order valence-corrected chi connectivity index (χ3v) is 5.02. The molecule has 10 heteroatoms. The molecular formula is C14H19F3N2O4S. The molecule has 6 nitrogen and oxygen atoms in total. The average Bonchev–Trinajstić information content (AvgIpc) is 2.46. The molecule has 24 heavy (non-hydrogen) atoms. The second-order valence-corrected chi connectivity index (χ2v) is 6.89. The van der Waals surface area contributed by atoms with Gasteiger partial charge in [0.2, 0.25) is 15.9 Å². The van der Waals surface area contributed by atoms with Gasteiger partial charge in [0, 0.05) is 26.2 Å². The number of ether oxygens (including phenoxy) is 1. The predicted octanol–water partition coefficient (Wildman–Crippen LogP) is 2.07. The molecule has 0 aliphatic carbocycles. The van der Waals surface area contributed by atoms with Crippen LogP contribution >= 0.6 is 0 Å². The molecule has 1 aromatic carbocycles. The number of sulfonamides is 1. The van der Waals surface area contributed by atoms with Crippen LogP contribution in [-0.2, 0) is 14.8 Å². The van der Waals surface area contributed by atoms with E-state index in [1.165, 1.54) is 11.9 Å². The van der Waals surface area contributed by atoms with E-state index in [0.717, 1.165) is 28.6 Å². The van der Waals surface area contributed by atoms with Crippen LogP contribution in [0.3, 0.4) is 0 Å². The second kappa shape index (κ2) is 7.84. The molecule has 1 rings (SSSR count). The molecule has 0 aliphatic heterocycles. The van der Waals surface area contributed by atoms with Crippen molar-refractivity contribution in [3.05, 3.63) is 24.3 Å². The molecule has 0 unspecified atom stereocenters. The molecule has 1 amide bonds. The maximum Gasteiger partial charge on any atom is 0.573 e. The number of benzene rings is 1. The molecule has 0 saturated heterocycles. The normalized spacial score (nSPS) is 12.3. The Balaban J connectivity index is 2.99. The molecule has 0 atom stereocenters. The van der Waals surface area contributed by atoms with E-state index in [1.54, 1.807) is 13.8 Å². The smallest absolute Gasteiger partial charge is 0.406 e. The van der Waals surface area contributed by atoms with Crippen molar-refractivity contribution in [2.24, 2.45) is 0 Å². The van der Waals surface area contributed by atoms with Crippen LogP contribution in [0, 0.1) is 0 Å². The van der Waals surface area contributed by atoms with Gasteiger partial charge in [-0.05, 0) is 26.0 Å². The van der Waals surface area contributed by atoms with E-state index in [4.69, 9.17) is 0 Å². The van der Waals surface area contributed by atoms with Gasteiger partial charge >= 0.3 is 6.36 Å². The van der Waals surface area contributed by atoms with Crippen LogP contribution in [0.5, 0.6) is 5.75 Å². The summed E-state index contributed by atoms with van der Waals surface area (Å²) in [6.07, 6.45) is -4.92. The zero-order valence-corrected chi connectivity index (χ0v) is 14.3. The lowest BCUT2D eigenvalue weighted by Gasteiger charge is -2.23. The summed E-state index contributed by atoms with van der Waals surface area (Å²) in [5.41, 5.74) is 0. The molecule has 0 saturated carbocycles. The Bertz CT molecular complexity index is 673. The van der Waals surface area contributed by atoms with Crippen molar-refractivity contribution in [2.75, 3.05) is 26.7 Å². The van der Waals surface area contributed by atoms with Crippen molar-refractivity contribution in [2.45, 2.75) is 25.1 Å². The van der Waals surface area contributed by atoms with Crippen molar-refractivity contribution in [3.8, 4) is 5.75 Å². The summed E-state index contributed by atoms with van der Waals surface area (Å²) in [6, 6.07) is 4.03. The molecular weight excluding hydrogens is 349 g/mol. The van der Waals surface area contributed by atoms with Crippen molar-refractivity contribution in [1.82, 2.24) is 9.21 Å². The Morgan fingerprint density at radius 3 is 2.29 bits per heavy atom. The second-order valence-electron chi connectivity index (χ2n) is 4.85. The lowest BCUT2D eigenvalue weighted by atomic mass is 10.3. The number of hydrogen-bond acceptors (Lipinski definition) is 4. The number of nitrogens with zero attached hydrogens (tertiary/aromatic N) is 2. The molecule has 0 aromatic heterocycles. The fraction of sp³-hybridized carbons (Fsp3) is 0.500. The summed E-state index contributed by atoms with van der Waals surface area (Å²) in [6.45, 7) is 3.96. The van der Waals surface area contributed by atoms with Crippen LogP contribution in [0.2, 0.25) is 0 Å². The highest BCUT2D eigenvalue weighted by molar-refractivity contribution is 7.89. The number of carbonyl (C=O) groups excluding carboxylic acids is 1. The van der Waals surface area contributed by atoms with Crippen molar-refractivity contribution in [3.63, 3.8) is 0 Å². The Kier molecular flexibility index (Phi) is 6.61. The SMILES string of the molecule is CCN(CC)C(=O)CN(C)S(=O)(=O)c1cccc(OC(F)(F)F)c1. The van der Waals surface area contributed by atoms with Crippen molar-refractivity contribution >= 4 is 15.9 Å². The van der Waals surface area contributed by atoms with E-state index in [0.29, 0.717) is 13.1 Å². The summed E-state index contributed by atoms with van der Waals surface area (Å²) < 4.78 is 66.0. The van der Waals surface area contributed by atoms with Crippen LogP contribution in [0.15, 0.2) is 29.2 Å². The van der Waals surface area contributed by atoms with E-state index in [2.05, 4.69) is 4.74 Å². The van der Waals surface area contributed by atoms with Gasteiger partial charge < -0.3 is 9.64 Å². The van der Waals surface area contributed by atoms with Gasteiger partial charge in [-0.25, -0.2) is 8.42 Å². The highest BCUT2D eigenvalue weighted by Gasteiger charge is 2.32. The highest BCUT2D eigenvalue weighted by Crippen LogP contribution is 2.26. The number of likely N-dealkylation sites (N-methyl/N-ethyl adjacent to an activating group) is 2. The van der Waals surface area contributed by atoms with Gasteiger partial charge in [0.05, 0.1) is 11.4 Å². The summed E-state index contributed by atoms with van der Waals surface area (Å²) in [5.74, 6) is -1.04.